The molecule has 1 fully saturated rings. The Labute approximate surface area is 189 Å². The molecule has 2 heterocycles. The van der Waals surface area contributed by atoms with Gasteiger partial charge in [0.25, 0.3) is 11.8 Å². The van der Waals surface area contributed by atoms with Gasteiger partial charge in [-0.05, 0) is 54.6 Å². The first-order valence-corrected chi connectivity index (χ1v) is 10.1. The summed E-state index contributed by atoms with van der Waals surface area (Å²) >= 11 is 0. The molecule has 0 N–H and O–H groups in total. The predicted molar refractivity (Wildman–Crippen MR) is 115 cm³/mol. The summed E-state index contributed by atoms with van der Waals surface area (Å²) in [6.45, 7) is -0.0267. The fourth-order valence-electron chi connectivity index (χ4n) is 3.75. The Balaban J connectivity index is 1.69. The van der Waals surface area contributed by atoms with Crippen molar-refractivity contribution in [3.63, 3.8) is 0 Å². The first-order valence-electron chi connectivity index (χ1n) is 10.1. The van der Waals surface area contributed by atoms with Crippen molar-refractivity contribution in [1.29, 1.82) is 0 Å². The Morgan fingerprint density at radius 1 is 1.09 bits per heavy atom. The van der Waals surface area contributed by atoms with Crippen LogP contribution in [0.15, 0.2) is 65.3 Å². The van der Waals surface area contributed by atoms with E-state index >= 15 is 0 Å². The number of anilines is 1. The zero-order chi connectivity index (χ0) is 23.5. The van der Waals surface area contributed by atoms with Crippen molar-refractivity contribution in [2.24, 2.45) is 0 Å². The van der Waals surface area contributed by atoms with Gasteiger partial charge < -0.3 is 18.8 Å². The van der Waals surface area contributed by atoms with E-state index in [1.54, 1.807) is 24.3 Å². The van der Waals surface area contributed by atoms with Crippen LogP contribution in [0.5, 0.6) is 11.5 Å². The second kappa shape index (κ2) is 9.15. The van der Waals surface area contributed by atoms with Crippen molar-refractivity contribution in [2.75, 3.05) is 19.1 Å². The van der Waals surface area contributed by atoms with Gasteiger partial charge in [0.05, 0.1) is 39.1 Å². The van der Waals surface area contributed by atoms with Crippen LogP contribution in [0.3, 0.4) is 0 Å². The van der Waals surface area contributed by atoms with Gasteiger partial charge in [0.2, 0.25) is 5.91 Å². The molecule has 1 aromatic heterocycles. The number of methoxy groups -OCH3 is 2. The van der Waals surface area contributed by atoms with E-state index in [9.17, 15) is 18.8 Å². The smallest absolute Gasteiger partial charge is 0.257 e. The molecule has 170 valence electrons. The lowest BCUT2D eigenvalue weighted by Gasteiger charge is -2.27. The topological polar surface area (TPSA) is 89.3 Å². The molecule has 0 radical (unpaired) electrons. The maximum atomic E-state index is 13.5. The first kappa shape index (κ1) is 22.1. The summed E-state index contributed by atoms with van der Waals surface area (Å²) in [4.78, 5) is 41.8. The van der Waals surface area contributed by atoms with Crippen molar-refractivity contribution in [3.8, 4) is 11.5 Å². The summed E-state index contributed by atoms with van der Waals surface area (Å²) < 4.78 is 29.2. The van der Waals surface area contributed by atoms with E-state index in [0.717, 1.165) is 4.90 Å². The second-order valence-electron chi connectivity index (χ2n) is 7.35. The molecule has 3 amide bonds. The van der Waals surface area contributed by atoms with E-state index in [1.807, 2.05) is 0 Å². The van der Waals surface area contributed by atoms with Gasteiger partial charge in [0.15, 0.2) is 11.5 Å². The van der Waals surface area contributed by atoms with E-state index in [0.29, 0.717) is 17.3 Å². The predicted octanol–water partition coefficient (Wildman–Crippen LogP) is 3.41. The molecule has 0 bridgehead atoms. The molecule has 9 heteroatoms. The van der Waals surface area contributed by atoms with Crippen LogP contribution in [0.4, 0.5) is 10.1 Å². The third kappa shape index (κ3) is 4.30. The molecule has 0 spiro atoms. The third-order valence-corrected chi connectivity index (χ3v) is 5.38. The Kier molecular flexibility index (Phi) is 6.12. The highest BCUT2D eigenvalue weighted by molar-refractivity contribution is 6.23. The molecular formula is C24H21FN2O6. The molecule has 1 aliphatic rings. The molecule has 8 nitrogen and oxygen atoms in total. The summed E-state index contributed by atoms with van der Waals surface area (Å²) in [6.07, 6.45) is 1.25. The highest BCUT2D eigenvalue weighted by Crippen LogP contribution is 2.31. The highest BCUT2D eigenvalue weighted by atomic mass is 19.1. The highest BCUT2D eigenvalue weighted by Gasteiger charge is 2.44. The van der Waals surface area contributed by atoms with Crippen LogP contribution in [0, 0.1) is 5.82 Å². The van der Waals surface area contributed by atoms with Crippen molar-refractivity contribution in [3.05, 3.63) is 78.0 Å². The van der Waals surface area contributed by atoms with E-state index in [4.69, 9.17) is 13.9 Å². The monoisotopic (exact) mass is 452 g/mol. The number of halogens is 1. The van der Waals surface area contributed by atoms with Crippen molar-refractivity contribution >= 4 is 23.4 Å². The molecule has 2 aromatic carbocycles. The Morgan fingerprint density at radius 2 is 1.82 bits per heavy atom. The molecule has 4 rings (SSSR count). The molecule has 1 atom stereocenters. The van der Waals surface area contributed by atoms with E-state index in [-0.39, 0.29) is 24.2 Å². The number of benzene rings is 2. The van der Waals surface area contributed by atoms with Crippen LogP contribution in [0.2, 0.25) is 0 Å². The minimum atomic E-state index is -1.06. The summed E-state index contributed by atoms with van der Waals surface area (Å²) in [6, 6.07) is 12.0. The number of furan rings is 1. The number of carbonyl (C=O) groups is 3. The van der Waals surface area contributed by atoms with Gasteiger partial charge in [-0.3, -0.25) is 14.4 Å². The number of rotatable bonds is 7. The standard InChI is InChI=1S/C24H21FN2O6/c1-31-20-10-5-15(12-21(20)32-2)23(29)26(14-18-4-3-11-33-18)19-13-22(28)27(24(19)30)17-8-6-16(25)7-9-17/h3-12,19H,13-14H2,1-2H3. The quantitative estimate of drug-likeness (QED) is 0.511. The van der Waals surface area contributed by atoms with Gasteiger partial charge in [-0.1, -0.05) is 0 Å². The van der Waals surface area contributed by atoms with Gasteiger partial charge in [0.1, 0.15) is 17.6 Å². The van der Waals surface area contributed by atoms with Gasteiger partial charge >= 0.3 is 0 Å². The minimum Gasteiger partial charge on any atom is -0.493 e. The summed E-state index contributed by atoms with van der Waals surface area (Å²) in [5, 5.41) is 0. The summed E-state index contributed by atoms with van der Waals surface area (Å²) in [5.74, 6) is -0.793. The molecule has 0 aliphatic carbocycles. The molecule has 1 aliphatic heterocycles. The molecule has 3 aromatic rings. The number of amides is 3. The van der Waals surface area contributed by atoms with Crippen LogP contribution in [0.25, 0.3) is 0 Å². The lowest BCUT2D eigenvalue weighted by molar-refractivity contribution is -0.122. The largest absolute Gasteiger partial charge is 0.493 e. The molecule has 33 heavy (non-hydrogen) atoms. The third-order valence-electron chi connectivity index (χ3n) is 5.38. The number of hydrogen-bond acceptors (Lipinski definition) is 6. The van der Waals surface area contributed by atoms with Crippen LogP contribution in [-0.2, 0) is 16.1 Å². The van der Waals surface area contributed by atoms with Gasteiger partial charge in [0, 0.05) is 5.56 Å². The minimum absolute atomic E-state index is 0.0267. The van der Waals surface area contributed by atoms with Gasteiger partial charge in [-0.25, -0.2) is 9.29 Å². The van der Waals surface area contributed by atoms with Crippen molar-refractivity contribution in [1.82, 2.24) is 4.90 Å². The Hall–Kier alpha value is -4.14. The van der Waals surface area contributed by atoms with Crippen LogP contribution < -0.4 is 14.4 Å². The summed E-state index contributed by atoms with van der Waals surface area (Å²) in [7, 11) is 2.93. The van der Waals surface area contributed by atoms with Gasteiger partial charge in [-0.2, -0.15) is 0 Å². The Bertz CT molecular complexity index is 1180. The zero-order valence-corrected chi connectivity index (χ0v) is 18.0. The zero-order valence-electron chi connectivity index (χ0n) is 18.0. The average molecular weight is 452 g/mol. The number of nitrogens with zero attached hydrogens (tertiary/aromatic N) is 2. The van der Waals surface area contributed by atoms with Crippen LogP contribution >= 0.6 is 0 Å². The Morgan fingerprint density at radius 3 is 2.45 bits per heavy atom. The number of hydrogen-bond donors (Lipinski definition) is 0. The molecule has 1 unspecified atom stereocenters. The molecule has 0 saturated carbocycles. The van der Waals surface area contributed by atoms with E-state index < -0.39 is 29.6 Å². The fraction of sp³-hybridized carbons (Fsp3) is 0.208. The second-order valence-corrected chi connectivity index (χ2v) is 7.35. The number of carbonyl (C=O) groups excluding carboxylic acids is 3. The molecule has 1 saturated heterocycles. The first-order chi connectivity index (χ1) is 15.9. The van der Waals surface area contributed by atoms with E-state index in [1.165, 1.54) is 55.7 Å². The lowest BCUT2D eigenvalue weighted by Crippen LogP contribution is -2.45. The van der Waals surface area contributed by atoms with Crippen LogP contribution in [0.1, 0.15) is 22.5 Å². The maximum Gasteiger partial charge on any atom is 0.257 e. The van der Waals surface area contributed by atoms with Crippen molar-refractivity contribution in [2.45, 2.75) is 19.0 Å². The molecular weight excluding hydrogens is 431 g/mol. The average Bonchev–Trinajstić information content (AvgIpc) is 3.44. The fourth-order valence-corrected chi connectivity index (χ4v) is 3.75. The normalized spacial score (nSPS) is 15.6. The van der Waals surface area contributed by atoms with E-state index in [2.05, 4.69) is 0 Å². The number of imide groups is 1. The maximum absolute atomic E-state index is 13.5. The van der Waals surface area contributed by atoms with Gasteiger partial charge in [-0.15, -0.1) is 0 Å². The summed E-state index contributed by atoms with van der Waals surface area (Å²) in [5.41, 5.74) is 0.491. The van der Waals surface area contributed by atoms with Crippen molar-refractivity contribution < 1.29 is 32.7 Å². The van der Waals surface area contributed by atoms with Crippen LogP contribution in [-0.4, -0.2) is 42.9 Å². The number of ether oxygens (including phenoxy) is 2. The SMILES string of the molecule is COc1ccc(C(=O)N(Cc2ccco2)C2CC(=O)N(c3ccc(F)cc3)C2=O)cc1OC. The lowest BCUT2D eigenvalue weighted by atomic mass is 10.1.